The van der Waals surface area contributed by atoms with Gasteiger partial charge in [0.25, 0.3) is 0 Å². The first-order valence-electron chi connectivity index (χ1n) is 5.71. The largest absolute Gasteiger partial charge is 0.517 e. The van der Waals surface area contributed by atoms with Crippen molar-refractivity contribution in [2.75, 3.05) is 0 Å². The van der Waals surface area contributed by atoms with Gasteiger partial charge in [0.15, 0.2) is 0 Å². The smallest absolute Gasteiger partial charge is 0.130 e. The first-order valence-corrected chi connectivity index (χ1v) is 8.71. The summed E-state index contributed by atoms with van der Waals surface area (Å²) in [6.45, 7) is 11.0. The Kier molecular flexibility index (Phi) is 3.63. The van der Waals surface area contributed by atoms with E-state index in [1.54, 1.807) is 0 Å². The Balaban J connectivity index is 3.03. The number of aliphatic hydroxyl groups is 1. The minimum atomic E-state index is -1.77. The van der Waals surface area contributed by atoms with E-state index in [1.165, 1.54) is 0 Å². The van der Waals surface area contributed by atoms with Gasteiger partial charge in [-0.25, -0.2) is 0 Å². The quantitative estimate of drug-likeness (QED) is 0.584. The Labute approximate surface area is 99.8 Å². The number of aliphatic hydroxyl groups excluding tert-OH is 1. The summed E-state index contributed by atoms with van der Waals surface area (Å²) in [5.41, 5.74) is 1.07. The van der Waals surface area contributed by atoms with E-state index in [-0.39, 0.29) is 5.04 Å². The van der Waals surface area contributed by atoms with Crippen LogP contribution in [0.25, 0.3) is 6.08 Å². The van der Waals surface area contributed by atoms with Gasteiger partial charge < -0.3 is 5.11 Å². The van der Waals surface area contributed by atoms with Gasteiger partial charge in [-0.2, -0.15) is 0 Å². The maximum atomic E-state index is 10.3. The zero-order valence-corrected chi connectivity index (χ0v) is 11.9. The van der Waals surface area contributed by atoms with Crippen molar-refractivity contribution in [2.45, 2.75) is 38.9 Å². The fraction of sp³-hybridized carbons (Fsp3) is 0.429. The molecule has 16 heavy (non-hydrogen) atoms. The van der Waals surface area contributed by atoms with Crippen LogP contribution in [0, 0.1) is 0 Å². The van der Waals surface area contributed by atoms with Gasteiger partial charge in [0.1, 0.15) is 8.07 Å². The molecule has 1 rings (SSSR count). The zero-order valence-electron chi connectivity index (χ0n) is 10.9. The van der Waals surface area contributed by atoms with E-state index in [2.05, 4.69) is 33.9 Å². The molecule has 0 radical (unpaired) electrons. The summed E-state index contributed by atoms with van der Waals surface area (Å²) in [4.78, 5) is 0. The van der Waals surface area contributed by atoms with Gasteiger partial charge in [0.05, 0.1) is 5.38 Å². The third-order valence-corrected chi connectivity index (χ3v) is 8.79. The topological polar surface area (TPSA) is 20.2 Å². The van der Waals surface area contributed by atoms with Crippen LogP contribution in [0.1, 0.15) is 26.3 Å². The predicted molar refractivity (Wildman–Crippen MR) is 74.2 cm³/mol. The van der Waals surface area contributed by atoms with Crippen molar-refractivity contribution in [1.82, 2.24) is 0 Å². The van der Waals surface area contributed by atoms with Gasteiger partial charge in [0.2, 0.25) is 0 Å². The van der Waals surface area contributed by atoms with Crippen molar-refractivity contribution >= 4 is 14.1 Å². The highest BCUT2D eigenvalue weighted by Gasteiger charge is 2.39. The summed E-state index contributed by atoms with van der Waals surface area (Å²) in [5.74, 6) is 0. The second-order valence-corrected chi connectivity index (χ2v) is 11.1. The number of hydrogen-bond donors (Lipinski definition) is 1. The summed E-state index contributed by atoms with van der Waals surface area (Å²) >= 11 is 0. The normalized spacial score (nSPS) is 13.9. The monoisotopic (exact) mass is 234 g/mol. The molecule has 0 aliphatic heterocycles. The summed E-state index contributed by atoms with van der Waals surface area (Å²) in [7, 11) is -1.77. The van der Waals surface area contributed by atoms with Gasteiger partial charge in [-0.1, -0.05) is 64.2 Å². The number of rotatable bonds is 2. The Morgan fingerprint density at radius 2 is 1.62 bits per heavy atom. The van der Waals surface area contributed by atoms with Crippen molar-refractivity contribution in [1.29, 1.82) is 0 Å². The van der Waals surface area contributed by atoms with Gasteiger partial charge >= 0.3 is 0 Å². The van der Waals surface area contributed by atoms with Crippen LogP contribution in [0.5, 0.6) is 0 Å². The highest BCUT2D eigenvalue weighted by Crippen LogP contribution is 2.40. The predicted octanol–water partition coefficient (Wildman–Crippen LogP) is 4.63. The zero-order chi connectivity index (χ0) is 12.4. The molecular formula is C14H22OSi. The lowest BCUT2D eigenvalue weighted by Gasteiger charge is -2.35. The molecule has 0 bridgehead atoms. The van der Waals surface area contributed by atoms with Crippen LogP contribution < -0.4 is 0 Å². The van der Waals surface area contributed by atoms with Gasteiger partial charge in [-0.3, -0.25) is 0 Å². The highest BCUT2D eigenvalue weighted by molar-refractivity contribution is 6.86. The van der Waals surface area contributed by atoms with E-state index < -0.39 is 8.07 Å². The molecular weight excluding hydrogens is 212 g/mol. The highest BCUT2D eigenvalue weighted by atomic mass is 28.3. The lowest BCUT2D eigenvalue weighted by atomic mass is 10.2. The Bertz CT molecular complexity index is 371. The van der Waals surface area contributed by atoms with Gasteiger partial charge in [-0.05, 0) is 16.7 Å². The van der Waals surface area contributed by atoms with E-state index >= 15 is 0 Å². The second-order valence-electron chi connectivity index (χ2n) is 5.82. The molecule has 88 valence electrons. The van der Waals surface area contributed by atoms with E-state index in [1.807, 2.05) is 36.4 Å². The summed E-state index contributed by atoms with van der Waals surface area (Å²) in [6, 6.07) is 10.0. The van der Waals surface area contributed by atoms with Gasteiger partial charge in [0, 0.05) is 0 Å². The molecule has 0 unspecified atom stereocenters. The van der Waals surface area contributed by atoms with E-state index in [0.717, 1.165) is 5.56 Å². The molecule has 1 aromatic rings. The van der Waals surface area contributed by atoms with Crippen LogP contribution in [0.2, 0.25) is 18.1 Å². The summed E-state index contributed by atoms with van der Waals surface area (Å²) in [6.07, 6.45) is 1.91. The van der Waals surface area contributed by atoms with Crippen molar-refractivity contribution in [3.8, 4) is 0 Å². The van der Waals surface area contributed by atoms with Gasteiger partial charge in [-0.15, -0.1) is 0 Å². The summed E-state index contributed by atoms with van der Waals surface area (Å²) in [5, 5.41) is 11.0. The van der Waals surface area contributed by atoms with Crippen LogP contribution in [0.3, 0.4) is 0 Å². The van der Waals surface area contributed by atoms with Crippen LogP contribution >= 0.6 is 0 Å². The molecule has 0 aromatic heterocycles. The van der Waals surface area contributed by atoms with Crippen LogP contribution in [0.15, 0.2) is 35.7 Å². The molecule has 2 heteroatoms. The molecule has 1 nitrogen and oxygen atoms in total. The molecule has 0 fully saturated rings. The molecule has 1 N–H and O–H groups in total. The third-order valence-electron chi connectivity index (χ3n) is 3.62. The van der Waals surface area contributed by atoms with Crippen LogP contribution in [0.4, 0.5) is 0 Å². The molecule has 1 aromatic carbocycles. The lowest BCUT2D eigenvalue weighted by molar-refractivity contribution is 0.441. The average molecular weight is 234 g/mol. The molecule has 0 spiro atoms. The fourth-order valence-corrected chi connectivity index (χ4v) is 2.57. The van der Waals surface area contributed by atoms with Crippen molar-refractivity contribution < 1.29 is 5.11 Å². The average Bonchev–Trinajstić information content (AvgIpc) is 2.17. The lowest BCUT2D eigenvalue weighted by Crippen LogP contribution is -2.39. The summed E-state index contributed by atoms with van der Waals surface area (Å²) < 4.78 is 0. The van der Waals surface area contributed by atoms with Crippen molar-refractivity contribution in [2.24, 2.45) is 0 Å². The number of benzene rings is 1. The fourth-order valence-electron chi connectivity index (χ4n) is 1.27. The maximum Gasteiger partial charge on any atom is 0.130 e. The molecule has 0 aliphatic rings. The number of hydrogen-bond acceptors (Lipinski definition) is 1. The molecule has 0 saturated heterocycles. The standard InChI is InChI=1S/C14H22OSi/c1-14(2,3)16(4,5)13(15)11-12-9-7-6-8-10-12/h6-11,15H,1-5H3/b13-11-. The molecule has 0 aliphatic carbocycles. The van der Waals surface area contributed by atoms with E-state index in [0.29, 0.717) is 5.38 Å². The molecule has 0 heterocycles. The first kappa shape index (κ1) is 13.0. The Hall–Kier alpha value is -1.02. The van der Waals surface area contributed by atoms with E-state index in [9.17, 15) is 5.11 Å². The second kappa shape index (κ2) is 4.46. The minimum absolute atomic E-state index is 0.169. The maximum absolute atomic E-state index is 10.3. The van der Waals surface area contributed by atoms with Crippen LogP contribution in [-0.2, 0) is 0 Å². The Morgan fingerprint density at radius 3 is 2.06 bits per heavy atom. The molecule has 0 saturated carbocycles. The van der Waals surface area contributed by atoms with Crippen LogP contribution in [-0.4, -0.2) is 13.2 Å². The third kappa shape index (κ3) is 2.76. The molecule has 0 atom stereocenters. The Morgan fingerprint density at radius 1 is 1.12 bits per heavy atom. The first-order chi connectivity index (χ1) is 7.25. The van der Waals surface area contributed by atoms with E-state index in [4.69, 9.17) is 0 Å². The van der Waals surface area contributed by atoms with Crippen molar-refractivity contribution in [3.63, 3.8) is 0 Å². The molecule has 0 amide bonds. The minimum Gasteiger partial charge on any atom is -0.517 e. The van der Waals surface area contributed by atoms with Crippen molar-refractivity contribution in [3.05, 3.63) is 41.3 Å². The SMILES string of the molecule is CC(C)(C)[Si](C)(C)/C(O)=C\c1ccccc1.